The molecule has 20 heavy (non-hydrogen) atoms. The van der Waals surface area contributed by atoms with Gasteiger partial charge in [0, 0.05) is 13.6 Å². The van der Waals surface area contributed by atoms with Crippen LogP contribution in [0.1, 0.15) is 33.6 Å². The van der Waals surface area contributed by atoms with Crippen molar-refractivity contribution in [1.82, 2.24) is 10.2 Å². The fraction of sp³-hybridized carbons (Fsp3) is 0.786. The Morgan fingerprint density at radius 3 is 2.35 bits per heavy atom. The average Bonchev–Trinajstić information content (AvgIpc) is 2.79. The molecule has 0 aromatic heterocycles. The normalized spacial score (nSPS) is 26.9. The zero-order valence-electron chi connectivity index (χ0n) is 12.5. The second kappa shape index (κ2) is 6.72. The minimum absolute atomic E-state index is 0.168. The van der Waals surface area contributed by atoms with Crippen molar-refractivity contribution in [3.05, 3.63) is 0 Å². The Bertz CT molecular complexity index is 397. The zero-order valence-corrected chi connectivity index (χ0v) is 12.5. The lowest BCUT2D eigenvalue weighted by molar-refractivity contribution is -0.146. The van der Waals surface area contributed by atoms with Crippen molar-refractivity contribution in [3.8, 4) is 0 Å². The van der Waals surface area contributed by atoms with Crippen LogP contribution in [0.15, 0.2) is 0 Å². The van der Waals surface area contributed by atoms with Gasteiger partial charge in [-0.3, -0.25) is 14.4 Å². The fourth-order valence-corrected chi connectivity index (χ4v) is 2.72. The number of likely N-dealkylation sites (N-methyl/N-ethyl adjacent to an activating group) is 1. The first-order chi connectivity index (χ1) is 9.27. The van der Waals surface area contributed by atoms with Gasteiger partial charge in [-0.15, -0.1) is 0 Å². The molecule has 0 radical (unpaired) electrons. The Kier molecular flexibility index (Phi) is 5.53. The van der Waals surface area contributed by atoms with E-state index >= 15 is 0 Å². The molecule has 0 spiro atoms. The van der Waals surface area contributed by atoms with Crippen LogP contribution < -0.4 is 5.32 Å². The third kappa shape index (κ3) is 3.71. The van der Waals surface area contributed by atoms with Gasteiger partial charge in [-0.2, -0.15) is 0 Å². The minimum Gasteiger partial charge on any atom is -0.481 e. The van der Waals surface area contributed by atoms with E-state index in [0.29, 0.717) is 19.4 Å². The number of carboxylic acid groups (broad SMARTS) is 1. The molecule has 0 aliphatic heterocycles. The van der Waals surface area contributed by atoms with Crippen LogP contribution in [-0.2, 0) is 14.4 Å². The topological polar surface area (TPSA) is 86.7 Å². The van der Waals surface area contributed by atoms with Crippen molar-refractivity contribution in [2.45, 2.75) is 39.7 Å². The number of carbonyl (C=O) groups excluding carboxylic acids is 2. The average molecular weight is 284 g/mol. The first-order valence-electron chi connectivity index (χ1n) is 7.06. The summed E-state index contributed by atoms with van der Waals surface area (Å²) >= 11 is 0. The number of rotatable bonds is 5. The first kappa shape index (κ1) is 16.5. The molecular weight excluding hydrogens is 260 g/mol. The van der Waals surface area contributed by atoms with E-state index in [2.05, 4.69) is 5.32 Å². The predicted octanol–water partition coefficient (Wildman–Crippen LogP) is 0.716. The quantitative estimate of drug-likeness (QED) is 0.778. The third-order valence-electron chi connectivity index (χ3n) is 4.03. The van der Waals surface area contributed by atoms with Gasteiger partial charge < -0.3 is 15.3 Å². The van der Waals surface area contributed by atoms with Gasteiger partial charge in [-0.1, -0.05) is 6.92 Å². The molecule has 2 amide bonds. The van der Waals surface area contributed by atoms with Crippen LogP contribution in [-0.4, -0.2) is 47.4 Å². The maximum absolute atomic E-state index is 12.2. The van der Waals surface area contributed by atoms with E-state index in [-0.39, 0.29) is 17.7 Å². The van der Waals surface area contributed by atoms with Crippen molar-refractivity contribution >= 4 is 17.8 Å². The maximum atomic E-state index is 12.2. The number of aliphatic carboxylic acids is 1. The molecule has 1 aliphatic carbocycles. The number of nitrogens with one attached hydrogen (secondary N) is 1. The second-order valence-corrected chi connectivity index (χ2v) is 5.71. The van der Waals surface area contributed by atoms with Gasteiger partial charge in [-0.25, -0.2) is 0 Å². The molecule has 1 fully saturated rings. The minimum atomic E-state index is -0.931. The highest BCUT2D eigenvalue weighted by molar-refractivity contribution is 5.90. The van der Waals surface area contributed by atoms with Crippen LogP contribution >= 0.6 is 0 Å². The van der Waals surface area contributed by atoms with Gasteiger partial charge in [0.1, 0.15) is 6.04 Å². The van der Waals surface area contributed by atoms with E-state index in [1.807, 2.05) is 13.8 Å². The molecule has 0 heterocycles. The van der Waals surface area contributed by atoms with E-state index < -0.39 is 23.8 Å². The number of carboxylic acids is 1. The third-order valence-corrected chi connectivity index (χ3v) is 4.03. The highest BCUT2D eigenvalue weighted by Crippen LogP contribution is 2.36. The Morgan fingerprint density at radius 2 is 1.85 bits per heavy atom. The molecule has 114 valence electrons. The monoisotopic (exact) mass is 284 g/mol. The predicted molar refractivity (Wildman–Crippen MR) is 73.9 cm³/mol. The first-order valence-corrected chi connectivity index (χ1v) is 7.06. The highest BCUT2D eigenvalue weighted by atomic mass is 16.4. The maximum Gasteiger partial charge on any atom is 0.307 e. The van der Waals surface area contributed by atoms with Crippen LogP contribution in [0.2, 0.25) is 0 Å². The Labute approximate surface area is 119 Å². The second-order valence-electron chi connectivity index (χ2n) is 5.71. The fourth-order valence-electron chi connectivity index (χ4n) is 2.72. The summed E-state index contributed by atoms with van der Waals surface area (Å²) in [4.78, 5) is 36.8. The Hall–Kier alpha value is -1.59. The summed E-state index contributed by atoms with van der Waals surface area (Å²) < 4.78 is 0. The van der Waals surface area contributed by atoms with Crippen molar-refractivity contribution < 1.29 is 19.5 Å². The lowest BCUT2D eigenvalue weighted by atomic mass is 9.95. The van der Waals surface area contributed by atoms with Gasteiger partial charge in [0.25, 0.3) is 0 Å². The summed E-state index contributed by atoms with van der Waals surface area (Å²) in [6, 6.07) is -0.627. The molecule has 6 nitrogen and oxygen atoms in total. The largest absolute Gasteiger partial charge is 0.481 e. The lowest BCUT2D eigenvalue weighted by Crippen LogP contribution is -2.48. The van der Waals surface area contributed by atoms with Gasteiger partial charge in [-0.05, 0) is 32.6 Å². The Morgan fingerprint density at radius 1 is 1.30 bits per heavy atom. The molecule has 0 bridgehead atoms. The van der Waals surface area contributed by atoms with Crippen molar-refractivity contribution in [1.29, 1.82) is 0 Å². The molecule has 1 aliphatic rings. The van der Waals surface area contributed by atoms with Crippen LogP contribution in [0.4, 0.5) is 0 Å². The van der Waals surface area contributed by atoms with Crippen molar-refractivity contribution in [3.63, 3.8) is 0 Å². The molecule has 6 heteroatoms. The number of carbonyl (C=O) groups is 3. The number of nitrogens with zero attached hydrogens (tertiary/aromatic N) is 1. The number of amides is 2. The number of hydrogen-bond donors (Lipinski definition) is 2. The van der Waals surface area contributed by atoms with Gasteiger partial charge in [0.2, 0.25) is 11.8 Å². The molecule has 2 N–H and O–H groups in total. The van der Waals surface area contributed by atoms with Crippen molar-refractivity contribution in [2.75, 3.05) is 13.6 Å². The highest BCUT2D eigenvalue weighted by Gasteiger charge is 2.41. The van der Waals surface area contributed by atoms with Gasteiger partial charge in [0.05, 0.1) is 11.8 Å². The molecule has 0 aromatic carbocycles. The van der Waals surface area contributed by atoms with Crippen LogP contribution in [0, 0.1) is 17.8 Å². The van der Waals surface area contributed by atoms with Gasteiger partial charge in [0.15, 0.2) is 0 Å². The molecule has 1 rings (SSSR count). The van der Waals surface area contributed by atoms with Crippen LogP contribution in [0.5, 0.6) is 0 Å². The summed E-state index contributed by atoms with van der Waals surface area (Å²) in [5.41, 5.74) is 0. The molecule has 4 atom stereocenters. The molecule has 1 saturated carbocycles. The Balaban J connectivity index is 2.66. The van der Waals surface area contributed by atoms with Crippen LogP contribution in [0.25, 0.3) is 0 Å². The SMILES string of the molecule is CCN(C)C(=O)C(C)NC(=O)C1CC(C)CC1C(=O)O. The molecule has 0 saturated heterocycles. The van der Waals surface area contributed by atoms with Gasteiger partial charge >= 0.3 is 5.97 Å². The van der Waals surface area contributed by atoms with Crippen LogP contribution in [0.3, 0.4) is 0 Å². The summed E-state index contributed by atoms with van der Waals surface area (Å²) in [6.07, 6.45) is 1.08. The van der Waals surface area contributed by atoms with Crippen molar-refractivity contribution in [2.24, 2.45) is 17.8 Å². The summed E-state index contributed by atoms with van der Waals surface area (Å²) in [5.74, 6) is -2.39. The van der Waals surface area contributed by atoms with E-state index in [4.69, 9.17) is 5.11 Å². The van der Waals surface area contributed by atoms with E-state index in [1.54, 1.807) is 14.0 Å². The summed E-state index contributed by atoms with van der Waals surface area (Å²) in [5, 5.41) is 11.8. The molecule has 0 aromatic rings. The summed E-state index contributed by atoms with van der Waals surface area (Å²) in [6.45, 7) is 5.99. The smallest absolute Gasteiger partial charge is 0.307 e. The standard InChI is InChI=1S/C14H24N2O4/c1-5-16(4)13(18)9(3)15-12(17)10-6-8(2)7-11(10)14(19)20/h8-11H,5-7H2,1-4H3,(H,15,17)(H,19,20). The summed E-state index contributed by atoms with van der Waals surface area (Å²) in [7, 11) is 1.67. The zero-order chi connectivity index (χ0) is 15.4. The number of hydrogen-bond acceptors (Lipinski definition) is 3. The van der Waals surface area contributed by atoms with E-state index in [9.17, 15) is 14.4 Å². The lowest BCUT2D eigenvalue weighted by Gasteiger charge is -2.23. The molecular formula is C14H24N2O4. The molecule has 4 unspecified atom stereocenters. The van der Waals surface area contributed by atoms with E-state index in [0.717, 1.165) is 0 Å². The van der Waals surface area contributed by atoms with E-state index in [1.165, 1.54) is 4.90 Å².